The molecular formula is C18H24FNO4. The van der Waals surface area contributed by atoms with E-state index in [9.17, 15) is 19.1 Å². The summed E-state index contributed by atoms with van der Waals surface area (Å²) in [6.07, 6.45) is 3.48. The molecule has 1 aromatic rings. The van der Waals surface area contributed by atoms with Crippen LogP contribution in [0.5, 0.6) is 5.75 Å². The first-order valence-electron chi connectivity index (χ1n) is 8.10. The van der Waals surface area contributed by atoms with Crippen LogP contribution in [-0.4, -0.2) is 24.1 Å². The zero-order chi connectivity index (χ0) is 17.9. The Labute approximate surface area is 141 Å². The Kier molecular flexibility index (Phi) is 5.47. The van der Waals surface area contributed by atoms with E-state index in [0.29, 0.717) is 0 Å². The molecule has 2 unspecified atom stereocenters. The molecule has 1 aliphatic carbocycles. The molecule has 0 saturated heterocycles. The second-order valence-electron chi connectivity index (χ2n) is 7.13. The van der Waals surface area contributed by atoms with Crippen LogP contribution in [0.2, 0.25) is 0 Å². The molecule has 2 rings (SSSR count). The number of hydrogen-bond acceptors (Lipinski definition) is 3. The molecular weight excluding hydrogens is 313 g/mol. The number of aliphatic carboxylic acids is 1. The molecule has 0 spiro atoms. The fraction of sp³-hybridized carbons (Fsp3) is 0.556. The lowest BCUT2D eigenvalue weighted by atomic mass is 9.72. The maximum Gasteiger partial charge on any atom is 0.330 e. The molecule has 5 nitrogen and oxygen atoms in total. The highest BCUT2D eigenvalue weighted by Gasteiger charge is 2.34. The molecule has 6 heteroatoms. The number of carbonyl (C=O) groups excluding carboxylic acids is 1. The summed E-state index contributed by atoms with van der Waals surface area (Å²) in [7, 11) is 1.33. The number of carboxylic acids is 1. The van der Waals surface area contributed by atoms with Gasteiger partial charge in [-0.3, -0.25) is 4.79 Å². The number of benzene rings is 1. The normalized spacial score (nSPS) is 20.9. The average Bonchev–Trinajstić information content (AvgIpc) is 2.51. The minimum absolute atomic E-state index is 0.0308. The highest BCUT2D eigenvalue weighted by atomic mass is 19.1. The Morgan fingerprint density at radius 1 is 1.42 bits per heavy atom. The molecule has 1 aliphatic rings. The van der Waals surface area contributed by atoms with Crippen molar-refractivity contribution in [1.29, 1.82) is 0 Å². The van der Waals surface area contributed by atoms with Crippen molar-refractivity contribution < 1.29 is 23.8 Å². The van der Waals surface area contributed by atoms with Crippen molar-refractivity contribution >= 4 is 11.9 Å². The Morgan fingerprint density at radius 3 is 2.67 bits per heavy atom. The molecule has 2 atom stereocenters. The zero-order valence-corrected chi connectivity index (χ0v) is 14.3. The number of halogens is 1. The van der Waals surface area contributed by atoms with Crippen molar-refractivity contribution in [2.24, 2.45) is 11.3 Å². The summed E-state index contributed by atoms with van der Waals surface area (Å²) in [6.45, 7) is 4.22. The molecule has 2 N–H and O–H groups in total. The van der Waals surface area contributed by atoms with E-state index in [1.54, 1.807) is 0 Å². The van der Waals surface area contributed by atoms with Gasteiger partial charge in [-0.25, -0.2) is 9.18 Å². The van der Waals surface area contributed by atoms with Gasteiger partial charge in [0.25, 0.3) is 0 Å². The molecule has 1 saturated carbocycles. The van der Waals surface area contributed by atoms with Crippen LogP contribution in [0.3, 0.4) is 0 Å². The number of amides is 1. The maximum atomic E-state index is 13.8. The fourth-order valence-corrected chi connectivity index (χ4v) is 3.33. The van der Waals surface area contributed by atoms with Gasteiger partial charge in [-0.15, -0.1) is 0 Å². The molecule has 0 aromatic heterocycles. The topological polar surface area (TPSA) is 75.6 Å². The fourth-order valence-electron chi connectivity index (χ4n) is 3.33. The van der Waals surface area contributed by atoms with E-state index in [-0.39, 0.29) is 28.6 Å². The van der Waals surface area contributed by atoms with Gasteiger partial charge in [0.05, 0.1) is 7.11 Å². The SMILES string of the molecule is COc1ccc(C(NC(=O)C2CCCC(C)(C)C2)C(=O)O)cc1F. The predicted octanol–water partition coefficient (Wildman–Crippen LogP) is 3.29. The third-order valence-corrected chi connectivity index (χ3v) is 4.62. The van der Waals surface area contributed by atoms with E-state index in [0.717, 1.165) is 31.7 Å². The van der Waals surface area contributed by atoms with Gasteiger partial charge in [0.15, 0.2) is 17.6 Å². The van der Waals surface area contributed by atoms with Gasteiger partial charge < -0.3 is 15.2 Å². The summed E-state index contributed by atoms with van der Waals surface area (Å²) in [5.74, 6) is -2.34. The number of carbonyl (C=O) groups is 2. The van der Waals surface area contributed by atoms with Crippen molar-refractivity contribution in [3.05, 3.63) is 29.6 Å². The Morgan fingerprint density at radius 2 is 2.12 bits per heavy atom. The molecule has 0 radical (unpaired) electrons. The lowest BCUT2D eigenvalue weighted by Gasteiger charge is -2.34. The van der Waals surface area contributed by atoms with E-state index in [1.165, 1.54) is 19.2 Å². The highest BCUT2D eigenvalue weighted by Crippen LogP contribution is 2.38. The third-order valence-electron chi connectivity index (χ3n) is 4.62. The standard InChI is InChI=1S/C18H24FNO4/c1-18(2)8-4-5-12(10-18)16(21)20-15(17(22)23)11-6-7-14(24-3)13(19)9-11/h6-7,9,12,15H,4-5,8,10H2,1-3H3,(H,20,21)(H,22,23). The molecule has 0 aliphatic heterocycles. The maximum absolute atomic E-state index is 13.8. The zero-order valence-electron chi connectivity index (χ0n) is 14.3. The quantitative estimate of drug-likeness (QED) is 0.864. The minimum Gasteiger partial charge on any atom is -0.494 e. The first-order chi connectivity index (χ1) is 11.2. The van der Waals surface area contributed by atoms with E-state index in [2.05, 4.69) is 19.2 Å². The van der Waals surface area contributed by atoms with E-state index in [4.69, 9.17) is 4.74 Å². The van der Waals surface area contributed by atoms with Crippen LogP contribution in [0, 0.1) is 17.2 Å². The van der Waals surface area contributed by atoms with Gasteiger partial charge in [0.2, 0.25) is 5.91 Å². The van der Waals surface area contributed by atoms with Gasteiger partial charge in [-0.05, 0) is 42.4 Å². The molecule has 1 aromatic carbocycles. The summed E-state index contributed by atoms with van der Waals surface area (Å²) in [5.41, 5.74) is 0.259. The largest absolute Gasteiger partial charge is 0.494 e. The van der Waals surface area contributed by atoms with Gasteiger partial charge in [0, 0.05) is 5.92 Å². The van der Waals surface area contributed by atoms with Gasteiger partial charge in [0.1, 0.15) is 0 Å². The van der Waals surface area contributed by atoms with Crippen LogP contribution in [0.25, 0.3) is 0 Å². The van der Waals surface area contributed by atoms with Crippen LogP contribution >= 0.6 is 0 Å². The Bertz CT molecular complexity index is 629. The van der Waals surface area contributed by atoms with Crippen LogP contribution in [0.15, 0.2) is 18.2 Å². The third kappa shape index (κ3) is 4.24. The van der Waals surface area contributed by atoms with Gasteiger partial charge >= 0.3 is 5.97 Å². The second kappa shape index (κ2) is 7.20. The Balaban J connectivity index is 2.15. The number of hydrogen-bond donors (Lipinski definition) is 2. The van der Waals surface area contributed by atoms with Crippen molar-refractivity contribution in [2.45, 2.75) is 45.6 Å². The van der Waals surface area contributed by atoms with Gasteiger partial charge in [-0.2, -0.15) is 0 Å². The average molecular weight is 337 g/mol. The monoisotopic (exact) mass is 337 g/mol. The van der Waals surface area contributed by atoms with Crippen LogP contribution in [-0.2, 0) is 9.59 Å². The molecule has 0 bridgehead atoms. The number of methoxy groups -OCH3 is 1. The smallest absolute Gasteiger partial charge is 0.330 e. The molecule has 1 fully saturated rings. The molecule has 132 valence electrons. The summed E-state index contributed by atoms with van der Waals surface area (Å²) in [6, 6.07) is 2.62. The molecule has 0 heterocycles. The van der Waals surface area contributed by atoms with Gasteiger partial charge in [-0.1, -0.05) is 26.3 Å². The lowest BCUT2D eigenvalue weighted by Crippen LogP contribution is -2.40. The second-order valence-corrected chi connectivity index (χ2v) is 7.13. The first kappa shape index (κ1) is 18.2. The highest BCUT2D eigenvalue weighted by molar-refractivity contribution is 5.86. The van der Waals surface area contributed by atoms with Crippen molar-refractivity contribution in [3.63, 3.8) is 0 Å². The van der Waals surface area contributed by atoms with E-state index in [1.807, 2.05) is 0 Å². The van der Waals surface area contributed by atoms with Crippen molar-refractivity contribution in [2.75, 3.05) is 7.11 Å². The molecule has 24 heavy (non-hydrogen) atoms. The van der Waals surface area contributed by atoms with Crippen LogP contribution < -0.4 is 10.1 Å². The predicted molar refractivity (Wildman–Crippen MR) is 87.2 cm³/mol. The summed E-state index contributed by atoms with van der Waals surface area (Å²) in [4.78, 5) is 24.0. The van der Waals surface area contributed by atoms with Crippen molar-refractivity contribution in [3.8, 4) is 5.75 Å². The first-order valence-corrected chi connectivity index (χ1v) is 8.10. The number of carboxylic acid groups (broad SMARTS) is 1. The number of rotatable bonds is 5. The minimum atomic E-state index is -1.28. The van der Waals surface area contributed by atoms with Crippen LogP contribution in [0.1, 0.15) is 51.1 Å². The lowest BCUT2D eigenvalue weighted by molar-refractivity contribution is -0.143. The summed E-state index contributed by atoms with van der Waals surface area (Å²) in [5, 5.41) is 12.0. The van der Waals surface area contributed by atoms with Crippen LogP contribution in [0.4, 0.5) is 4.39 Å². The van der Waals surface area contributed by atoms with E-state index < -0.39 is 17.8 Å². The number of ether oxygens (including phenoxy) is 1. The summed E-state index contributed by atoms with van der Waals surface area (Å²) < 4.78 is 18.7. The summed E-state index contributed by atoms with van der Waals surface area (Å²) >= 11 is 0. The van der Waals surface area contributed by atoms with E-state index >= 15 is 0 Å². The molecule has 1 amide bonds. The number of nitrogens with one attached hydrogen (secondary N) is 1. The Hall–Kier alpha value is -2.11. The van der Waals surface area contributed by atoms with Crippen molar-refractivity contribution in [1.82, 2.24) is 5.32 Å².